The van der Waals surface area contributed by atoms with Crippen molar-refractivity contribution in [2.45, 2.75) is 38.5 Å². The molecule has 1 amide bonds. The van der Waals surface area contributed by atoms with Crippen molar-refractivity contribution < 1.29 is 4.79 Å². The fraction of sp³-hybridized carbons (Fsp3) is 0.368. The number of amides is 1. The Morgan fingerprint density at radius 1 is 1.09 bits per heavy atom. The maximum absolute atomic E-state index is 12.1. The van der Waals surface area contributed by atoms with Gasteiger partial charge in [-0.3, -0.25) is 4.79 Å². The normalized spacial score (nSPS) is 16.2. The van der Waals surface area contributed by atoms with Crippen molar-refractivity contribution in [3.8, 4) is 0 Å². The Kier molecular flexibility index (Phi) is 4.84. The minimum absolute atomic E-state index is 0.0524. The van der Waals surface area contributed by atoms with Crippen LogP contribution in [0.5, 0.6) is 0 Å². The van der Waals surface area contributed by atoms with Gasteiger partial charge in [0.15, 0.2) is 0 Å². The minimum Gasteiger partial charge on any atom is -0.273 e. The summed E-state index contributed by atoms with van der Waals surface area (Å²) >= 11 is 0. The Bertz CT molecular complexity index is 667. The zero-order valence-electron chi connectivity index (χ0n) is 12.8. The van der Waals surface area contributed by atoms with E-state index in [0.717, 1.165) is 10.9 Å². The summed E-state index contributed by atoms with van der Waals surface area (Å²) in [5, 5.41) is 6.45. The number of nitrogens with zero attached hydrogens (tertiary/aromatic N) is 1. The molecule has 0 radical (unpaired) electrons. The van der Waals surface area contributed by atoms with E-state index in [1.54, 1.807) is 0 Å². The Labute approximate surface area is 131 Å². The zero-order valence-corrected chi connectivity index (χ0v) is 12.8. The summed E-state index contributed by atoms with van der Waals surface area (Å²) in [6, 6.07) is 14.2. The lowest BCUT2D eigenvalue weighted by molar-refractivity contribution is -0.120. The first kappa shape index (κ1) is 14.8. The fourth-order valence-corrected chi connectivity index (χ4v) is 3.16. The molecule has 22 heavy (non-hydrogen) atoms. The van der Waals surface area contributed by atoms with Gasteiger partial charge in [0.25, 0.3) is 0 Å². The van der Waals surface area contributed by atoms with Gasteiger partial charge in [0.2, 0.25) is 5.91 Å². The van der Waals surface area contributed by atoms with Crippen LogP contribution in [-0.4, -0.2) is 12.1 Å². The highest BCUT2D eigenvalue weighted by atomic mass is 16.2. The van der Waals surface area contributed by atoms with E-state index < -0.39 is 0 Å². The monoisotopic (exact) mass is 294 g/mol. The summed E-state index contributed by atoms with van der Waals surface area (Å²) < 4.78 is 0. The molecule has 0 aliphatic heterocycles. The standard InChI is InChI=1S/C19H22N2O/c22-19(21-20-14-15-7-2-1-3-8-15)13-17-11-6-10-16-9-4-5-12-18(16)17/h4-6,9-12,14-15H,1-3,7-8,13H2,(H,21,22)/b20-14-. The minimum atomic E-state index is -0.0524. The van der Waals surface area contributed by atoms with Gasteiger partial charge in [0.05, 0.1) is 6.42 Å². The lowest BCUT2D eigenvalue weighted by Crippen LogP contribution is -2.21. The van der Waals surface area contributed by atoms with Gasteiger partial charge in [-0.25, -0.2) is 5.43 Å². The van der Waals surface area contributed by atoms with Gasteiger partial charge in [0, 0.05) is 6.21 Å². The molecule has 0 heterocycles. The molecule has 0 aromatic heterocycles. The highest BCUT2D eigenvalue weighted by Gasteiger charge is 2.11. The van der Waals surface area contributed by atoms with Gasteiger partial charge in [-0.15, -0.1) is 0 Å². The SMILES string of the molecule is O=C(Cc1cccc2ccccc12)N/N=C\C1CCCCC1. The van der Waals surface area contributed by atoms with Crippen molar-refractivity contribution in [1.29, 1.82) is 0 Å². The molecule has 1 fully saturated rings. The van der Waals surface area contributed by atoms with E-state index in [-0.39, 0.29) is 5.91 Å². The molecule has 3 rings (SSSR count). The van der Waals surface area contributed by atoms with Gasteiger partial charge in [-0.2, -0.15) is 5.10 Å². The maximum Gasteiger partial charge on any atom is 0.244 e. The average molecular weight is 294 g/mol. The second-order valence-corrected chi connectivity index (χ2v) is 6.03. The van der Waals surface area contributed by atoms with Gasteiger partial charge in [-0.1, -0.05) is 61.7 Å². The van der Waals surface area contributed by atoms with Gasteiger partial charge >= 0.3 is 0 Å². The number of hydrogen-bond donors (Lipinski definition) is 1. The Balaban J connectivity index is 1.60. The third-order valence-electron chi connectivity index (χ3n) is 4.36. The molecule has 0 unspecified atom stereocenters. The molecule has 1 aliphatic carbocycles. The smallest absolute Gasteiger partial charge is 0.244 e. The number of rotatable bonds is 4. The van der Waals surface area contributed by atoms with Crippen molar-refractivity contribution in [2.24, 2.45) is 11.0 Å². The van der Waals surface area contributed by atoms with E-state index in [4.69, 9.17) is 0 Å². The molecule has 114 valence electrons. The molecule has 2 aromatic carbocycles. The van der Waals surface area contributed by atoms with E-state index >= 15 is 0 Å². The zero-order chi connectivity index (χ0) is 15.2. The van der Waals surface area contributed by atoms with Crippen LogP contribution in [0.3, 0.4) is 0 Å². The van der Waals surface area contributed by atoms with Crippen LogP contribution in [0.4, 0.5) is 0 Å². The van der Waals surface area contributed by atoms with Crippen LogP contribution in [-0.2, 0) is 11.2 Å². The molecule has 1 saturated carbocycles. The second-order valence-electron chi connectivity index (χ2n) is 6.03. The van der Waals surface area contributed by atoms with Crippen LogP contribution in [0.2, 0.25) is 0 Å². The third-order valence-corrected chi connectivity index (χ3v) is 4.36. The summed E-state index contributed by atoms with van der Waals surface area (Å²) in [6.45, 7) is 0. The molecule has 0 bridgehead atoms. The van der Waals surface area contributed by atoms with Gasteiger partial charge < -0.3 is 0 Å². The van der Waals surface area contributed by atoms with Crippen molar-refractivity contribution in [1.82, 2.24) is 5.43 Å². The van der Waals surface area contributed by atoms with Gasteiger partial charge in [-0.05, 0) is 35.1 Å². The van der Waals surface area contributed by atoms with Crippen LogP contribution in [0.15, 0.2) is 47.6 Å². The summed E-state index contributed by atoms with van der Waals surface area (Å²) in [7, 11) is 0. The molecule has 0 atom stereocenters. The molecular formula is C19H22N2O. The molecule has 0 spiro atoms. The summed E-state index contributed by atoms with van der Waals surface area (Å²) in [5.41, 5.74) is 3.72. The van der Waals surface area contributed by atoms with Crippen LogP contribution in [0.1, 0.15) is 37.7 Å². The van der Waals surface area contributed by atoms with E-state index in [0.29, 0.717) is 12.3 Å². The predicted octanol–water partition coefficient (Wildman–Crippen LogP) is 4.06. The Morgan fingerprint density at radius 2 is 1.86 bits per heavy atom. The van der Waals surface area contributed by atoms with Gasteiger partial charge in [0.1, 0.15) is 0 Å². The first-order valence-corrected chi connectivity index (χ1v) is 8.11. The van der Waals surface area contributed by atoms with Crippen molar-refractivity contribution >= 4 is 22.9 Å². The van der Waals surface area contributed by atoms with E-state index in [2.05, 4.69) is 28.7 Å². The number of carbonyl (C=O) groups is 1. The van der Waals surface area contributed by atoms with Crippen LogP contribution < -0.4 is 5.43 Å². The quantitative estimate of drug-likeness (QED) is 0.670. The number of carbonyl (C=O) groups excluding carboxylic acids is 1. The number of nitrogens with one attached hydrogen (secondary N) is 1. The molecule has 2 aromatic rings. The first-order valence-electron chi connectivity index (χ1n) is 8.11. The molecule has 1 aliphatic rings. The summed E-state index contributed by atoms with van der Waals surface area (Å²) in [5.74, 6) is 0.481. The average Bonchev–Trinajstić information content (AvgIpc) is 2.56. The number of fused-ring (bicyclic) bond motifs is 1. The molecule has 3 heteroatoms. The molecule has 1 N–H and O–H groups in total. The Hall–Kier alpha value is -2.16. The summed E-state index contributed by atoms with van der Waals surface area (Å²) in [6.07, 6.45) is 8.56. The lowest BCUT2D eigenvalue weighted by atomic mass is 9.90. The highest BCUT2D eigenvalue weighted by molar-refractivity contribution is 5.90. The number of benzene rings is 2. The highest BCUT2D eigenvalue weighted by Crippen LogP contribution is 2.22. The second kappa shape index (κ2) is 7.21. The topological polar surface area (TPSA) is 41.5 Å². The first-order chi connectivity index (χ1) is 10.8. The number of hydrazone groups is 1. The lowest BCUT2D eigenvalue weighted by Gasteiger charge is -2.16. The predicted molar refractivity (Wildman–Crippen MR) is 90.9 cm³/mol. The molecule has 3 nitrogen and oxygen atoms in total. The third kappa shape index (κ3) is 3.73. The number of hydrogen-bond acceptors (Lipinski definition) is 2. The van der Waals surface area contributed by atoms with Crippen LogP contribution in [0.25, 0.3) is 10.8 Å². The molecular weight excluding hydrogens is 272 g/mol. The molecule has 0 saturated heterocycles. The van der Waals surface area contributed by atoms with Crippen LogP contribution >= 0.6 is 0 Å². The fourth-order valence-electron chi connectivity index (χ4n) is 3.16. The van der Waals surface area contributed by atoms with E-state index in [1.807, 2.05) is 30.5 Å². The van der Waals surface area contributed by atoms with Crippen molar-refractivity contribution in [3.63, 3.8) is 0 Å². The van der Waals surface area contributed by atoms with E-state index in [9.17, 15) is 4.79 Å². The van der Waals surface area contributed by atoms with E-state index in [1.165, 1.54) is 37.5 Å². The maximum atomic E-state index is 12.1. The van der Waals surface area contributed by atoms with Crippen LogP contribution in [0, 0.1) is 5.92 Å². The summed E-state index contributed by atoms with van der Waals surface area (Å²) in [4.78, 5) is 12.1. The Morgan fingerprint density at radius 3 is 2.73 bits per heavy atom. The van der Waals surface area contributed by atoms with Crippen molar-refractivity contribution in [2.75, 3.05) is 0 Å². The van der Waals surface area contributed by atoms with Crippen molar-refractivity contribution in [3.05, 3.63) is 48.0 Å². The largest absolute Gasteiger partial charge is 0.273 e.